The molecule has 3 aromatic rings. The number of carbonyl (C=O) groups excluding carboxylic acids is 1. The summed E-state index contributed by atoms with van der Waals surface area (Å²) >= 11 is 0. The third-order valence-corrected chi connectivity index (χ3v) is 6.45. The molecule has 29 heavy (non-hydrogen) atoms. The van der Waals surface area contributed by atoms with Crippen molar-refractivity contribution in [3.63, 3.8) is 0 Å². The predicted molar refractivity (Wildman–Crippen MR) is 112 cm³/mol. The van der Waals surface area contributed by atoms with Gasteiger partial charge in [-0.3, -0.25) is 4.79 Å². The van der Waals surface area contributed by atoms with Crippen LogP contribution in [0.2, 0.25) is 0 Å². The average molecular weight is 386 g/mol. The number of ketones is 1. The molecule has 2 aromatic carbocycles. The SMILES string of the molecule is O=C(CC1c2ccccc2-c2cncn21)[C@H]1CC[C@H](OCc2ccccc2)CC1. The maximum Gasteiger partial charge on any atom is 0.138 e. The molecule has 1 unspecified atom stereocenters. The van der Waals surface area contributed by atoms with Gasteiger partial charge in [0.25, 0.3) is 0 Å². The van der Waals surface area contributed by atoms with E-state index in [-0.39, 0.29) is 18.1 Å². The summed E-state index contributed by atoms with van der Waals surface area (Å²) in [6, 6.07) is 18.8. The first kappa shape index (κ1) is 18.3. The van der Waals surface area contributed by atoms with Crippen molar-refractivity contribution < 1.29 is 9.53 Å². The molecule has 0 radical (unpaired) electrons. The fraction of sp³-hybridized carbons (Fsp3) is 0.360. The normalized spacial score (nSPS) is 22.8. The lowest BCUT2D eigenvalue weighted by Crippen LogP contribution is -2.27. The van der Waals surface area contributed by atoms with E-state index in [2.05, 4.69) is 45.9 Å². The highest BCUT2D eigenvalue weighted by atomic mass is 16.5. The maximum absolute atomic E-state index is 13.1. The van der Waals surface area contributed by atoms with Crippen LogP contribution in [0.15, 0.2) is 67.1 Å². The summed E-state index contributed by atoms with van der Waals surface area (Å²) in [7, 11) is 0. The van der Waals surface area contributed by atoms with Crippen LogP contribution in [0.4, 0.5) is 0 Å². The monoisotopic (exact) mass is 386 g/mol. The smallest absolute Gasteiger partial charge is 0.138 e. The van der Waals surface area contributed by atoms with Gasteiger partial charge < -0.3 is 9.30 Å². The Morgan fingerprint density at radius 2 is 1.76 bits per heavy atom. The minimum Gasteiger partial charge on any atom is -0.374 e. The zero-order valence-electron chi connectivity index (χ0n) is 16.5. The van der Waals surface area contributed by atoms with E-state index < -0.39 is 0 Å². The fourth-order valence-corrected chi connectivity index (χ4v) is 4.84. The highest BCUT2D eigenvalue weighted by Crippen LogP contribution is 2.41. The van der Waals surface area contributed by atoms with Crippen molar-refractivity contribution >= 4 is 5.78 Å². The summed E-state index contributed by atoms with van der Waals surface area (Å²) in [5.74, 6) is 0.541. The number of Topliss-reactive ketones (excluding diaryl/α,β-unsaturated/α-hetero) is 1. The van der Waals surface area contributed by atoms with Crippen LogP contribution in [0.1, 0.15) is 49.3 Å². The third-order valence-electron chi connectivity index (χ3n) is 6.45. The molecule has 1 fully saturated rings. The van der Waals surface area contributed by atoms with Gasteiger partial charge in [-0.1, -0.05) is 54.6 Å². The molecule has 148 valence electrons. The van der Waals surface area contributed by atoms with Crippen LogP contribution in [0.25, 0.3) is 11.3 Å². The fourth-order valence-electron chi connectivity index (χ4n) is 4.84. The van der Waals surface area contributed by atoms with Gasteiger partial charge >= 0.3 is 0 Å². The summed E-state index contributed by atoms with van der Waals surface area (Å²) in [4.78, 5) is 17.4. The third kappa shape index (κ3) is 3.65. The van der Waals surface area contributed by atoms with Crippen molar-refractivity contribution in [2.45, 2.75) is 50.9 Å². The van der Waals surface area contributed by atoms with Crippen LogP contribution in [0, 0.1) is 5.92 Å². The molecular weight excluding hydrogens is 360 g/mol. The van der Waals surface area contributed by atoms with Crippen molar-refractivity contribution in [1.82, 2.24) is 9.55 Å². The van der Waals surface area contributed by atoms with Crippen LogP contribution in [-0.4, -0.2) is 21.4 Å². The lowest BCUT2D eigenvalue weighted by molar-refractivity contribution is -0.125. The molecule has 1 atom stereocenters. The zero-order chi connectivity index (χ0) is 19.6. The van der Waals surface area contributed by atoms with Crippen molar-refractivity contribution in [3.8, 4) is 11.3 Å². The van der Waals surface area contributed by atoms with Crippen LogP contribution >= 0.6 is 0 Å². The van der Waals surface area contributed by atoms with Gasteiger partial charge in [0.1, 0.15) is 5.78 Å². The Balaban J connectivity index is 1.18. The number of rotatable bonds is 6. The van der Waals surface area contributed by atoms with Crippen LogP contribution in [-0.2, 0) is 16.1 Å². The van der Waals surface area contributed by atoms with E-state index in [9.17, 15) is 4.79 Å². The Bertz CT molecular complexity index is 987. The number of hydrogen-bond acceptors (Lipinski definition) is 3. The number of imidazole rings is 1. The van der Waals surface area contributed by atoms with Gasteiger partial charge in [0.2, 0.25) is 0 Å². The van der Waals surface area contributed by atoms with Gasteiger partial charge in [-0.25, -0.2) is 4.98 Å². The summed E-state index contributed by atoms with van der Waals surface area (Å²) in [6.45, 7) is 0.659. The van der Waals surface area contributed by atoms with E-state index in [0.29, 0.717) is 18.8 Å². The van der Waals surface area contributed by atoms with Crippen LogP contribution in [0.3, 0.4) is 0 Å². The number of nitrogens with zero attached hydrogens (tertiary/aromatic N) is 2. The second-order valence-electron chi connectivity index (χ2n) is 8.23. The van der Waals surface area contributed by atoms with Gasteiger partial charge in [-0.2, -0.15) is 0 Å². The summed E-state index contributed by atoms with van der Waals surface area (Å²) in [5.41, 5.74) is 4.79. The molecule has 4 heteroatoms. The van der Waals surface area contributed by atoms with Crippen molar-refractivity contribution in [2.75, 3.05) is 0 Å². The molecular formula is C25H26N2O2. The lowest BCUT2D eigenvalue weighted by atomic mass is 9.82. The van der Waals surface area contributed by atoms with E-state index in [1.54, 1.807) is 0 Å². The number of carbonyl (C=O) groups is 1. The molecule has 1 aromatic heterocycles. The van der Waals surface area contributed by atoms with Gasteiger partial charge in [0.05, 0.1) is 37.0 Å². The highest BCUT2D eigenvalue weighted by Gasteiger charge is 2.33. The van der Waals surface area contributed by atoms with Crippen LogP contribution in [0.5, 0.6) is 0 Å². The number of ether oxygens (including phenoxy) is 1. The van der Waals surface area contributed by atoms with Gasteiger partial charge in [-0.15, -0.1) is 0 Å². The Morgan fingerprint density at radius 3 is 2.59 bits per heavy atom. The molecule has 2 aliphatic rings. The molecule has 5 rings (SSSR count). The number of benzene rings is 2. The molecule has 2 heterocycles. The van der Waals surface area contributed by atoms with Gasteiger partial charge in [-0.05, 0) is 36.8 Å². The quantitative estimate of drug-likeness (QED) is 0.586. The molecule has 1 aliphatic heterocycles. The predicted octanol–water partition coefficient (Wildman–Crippen LogP) is 5.19. The molecule has 1 aliphatic carbocycles. The van der Waals surface area contributed by atoms with Gasteiger partial charge in [0.15, 0.2) is 0 Å². The molecule has 1 saturated carbocycles. The maximum atomic E-state index is 13.1. The molecule has 0 amide bonds. The first-order valence-electron chi connectivity index (χ1n) is 10.6. The lowest BCUT2D eigenvalue weighted by Gasteiger charge is -2.28. The van der Waals surface area contributed by atoms with Crippen molar-refractivity contribution in [2.24, 2.45) is 5.92 Å². The van der Waals surface area contributed by atoms with E-state index in [4.69, 9.17) is 4.74 Å². The Hall–Kier alpha value is -2.72. The van der Waals surface area contributed by atoms with E-state index in [0.717, 1.165) is 31.4 Å². The van der Waals surface area contributed by atoms with Gasteiger partial charge in [0, 0.05) is 17.9 Å². The largest absolute Gasteiger partial charge is 0.374 e. The van der Waals surface area contributed by atoms with E-state index in [1.165, 1.54) is 16.7 Å². The van der Waals surface area contributed by atoms with Crippen molar-refractivity contribution in [1.29, 1.82) is 0 Å². The number of hydrogen-bond donors (Lipinski definition) is 0. The van der Waals surface area contributed by atoms with E-state index in [1.807, 2.05) is 30.7 Å². The molecule has 0 spiro atoms. The minimum atomic E-state index is 0.0863. The Kier molecular flexibility index (Phi) is 5.03. The summed E-state index contributed by atoms with van der Waals surface area (Å²) in [5, 5.41) is 0. The topological polar surface area (TPSA) is 44.1 Å². The zero-order valence-corrected chi connectivity index (χ0v) is 16.5. The molecule has 0 N–H and O–H groups in total. The summed E-state index contributed by atoms with van der Waals surface area (Å²) in [6.07, 6.45) is 8.40. The summed E-state index contributed by atoms with van der Waals surface area (Å²) < 4.78 is 8.25. The van der Waals surface area contributed by atoms with Crippen LogP contribution < -0.4 is 0 Å². The standard InChI is InChI=1S/C25H26N2O2/c28-25(14-23-21-8-4-5-9-22(21)24-15-26-17-27(23)24)19-10-12-20(13-11-19)29-16-18-6-2-1-3-7-18/h1-9,15,17,19-20,23H,10-14,16H2/t19-,20-,23?. The average Bonchev–Trinajstić information content (AvgIpc) is 3.36. The first-order valence-corrected chi connectivity index (χ1v) is 10.6. The highest BCUT2D eigenvalue weighted by molar-refractivity contribution is 5.83. The Labute approximate surface area is 171 Å². The molecule has 4 nitrogen and oxygen atoms in total. The number of aromatic nitrogens is 2. The number of fused-ring (bicyclic) bond motifs is 3. The van der Waals surface area contributed by atoms with Crippen molar-refractivity contribution in [3.05, 3.63) is 78.2 Å². The molecule has 0 saturated heterocycles. The second-order valence-corrected chi connectivity index (χ2v) is 8.23. The van der Waals surface area contributed by atoms with E-state index >= 15 is 0 Å². The Morgan fingerprint density at radius 1 is 1.00 bits per heavy atom. The second kappa shape index (κ2) is 7.96. The molecule has 0 bridgehead atoms. The first-order chi connectivity index (χ1) is 14.3. The minimum absolute atomic E-state index is 0.0863.